The number of aryl methyl sites for hydroxylation is 1. The number of aromatic nitrogens is 1. The van der Waals surface area contributed by atoms with E-state index in [2.05, 4.69) is 4.99 Å². The van der Waals surface area contributed by atoms with Crippen molar-refractivity contribution >= 4 is 54.8 Å². The van der Waals surface area contributed by atoms with E-state index in [-0.39, 0.29) is 4.90 Å². The lowest BCUT2D eigenvalue weighted by Gasteiger charge is -2.19. The maximum absolute atomic E-state index is 13.2. The predicted octanol–water partition coefficient (Wildman–Crippen LogP) is 4.87. The molecule has 5 rings (SSSR count). The number of rotatable bonds is 4. The molecule has 0 atom stereocenters. The van der Waals surface area contributed by atoms with Crippen LogP contribution in [0.2, 0.25) is 5.02 Å². The van der Waals surface area contributed by atoms with Crippen LogP contribution >= 0.6 is 22.9 Å². The van der Waals surface area contributed by atoms with Gasteiger partial charge >= 0.3 is 0 Å². The molecule has 0 saturated carbocycles. The number of sulfonamides is 1. The van der Waals surface area contributed by atoms with Gasteiger partial charge in [-0.05, 0) is 61.4 Å². The van der Waals surface area contributed by atoms with Crippen LogP contribution in [-0.4, -0.2) is 25.4 Å². The second-order valence-corrected chi connectivity index (χ2v) is 10.9. The monoisotopic (exact) mass is 497 g/mol. The molecule has 3 aromatic carbocycles. The summed E-state index contributed by atoms with van der Waals surface area (Å²) in [6.45, 7) is 2.99. The van der Waals surface area contributed by atoms with E-state index in [1.54, 1.807) is 0 Å². The minimum Gasteiger partial charge on any atom is -0.315 e. The van der Waals surface area contributed by atoms with Crippen LogP contribution in [0.5, 0.6) is 0 Å². The summed E-state index contributed by atoms with van der Waals surface area (Å²) < 4.78 is 30.7. The maximum atomic E-state index is 13.2. The highest BCUT2D eigenvalue weighted by molar-refractivity contribution is 7.92. The Labute approximate surface area is 200 Å². The van der Waals surface area contributed by atoms with Gasteiger partial charge in [-0.15, -0.1) is 0 Å². The van der Waals surface area contributed by atoms with Gasteiger partial charge in [0.15, 0.2) is 4.80 Å². The second-order valence-electron chi connectivity index (χ2n) is 7.61. The molecular formula is C24H20ClN3O3S2. The molecule has 33 heavy (non-hydrogen) atoms. The smallest absolute Gasteiger partial charge is 0.279 e. The minimum atomic E-state index is -3.71. The SMILES string of the molecule is CCn1c(=NC(=O)c2ccc(S(=O)(=O)N3CCc4ccccc43)cc2)sc2cccc(Cl)c21. The topological polar surface area (TPSA) is 71.7 Å². The van der Waals surface area contributed by atoms with E-state index in [9.17, 15) is 13.2 Å². The van der Waals surface area contributed by atoms with Gasteiger partial charge in [-0.3, -0.25) is 9.10 Å². The molecule has 0 N–H and O–H groups in total. The van der Waals surface area contributed by atoms with Crippen molar-refractivity contribution in [2.75, 3.05) is 10.8 Å². The van der Waals surface area contributed by atoms with Crippen LogP contribution in [0.4, 0.5) is 5.69 Å². The number of carbonyl (C=O) groups is 1. The van der Waals surface area contributed by atoms with Crippen molar-refractivity contribution < 1.29 is 13.2 Å². The van der Waals surface area contributed by atoms with Gasteiger partial charge in [0.05, 0.1) is 25.8 Å². The molecule has 6 nitrogen and oxygen atoms in total. The summed E-state index contributed by atoms with van der Waals surface area (Å²) >= 11 is 7.74. The number of para-hydroxylation sites is 2. The van der Waals surface area contributed by atoms with E-state index in [0.717, 1.165) is 15.8 Å². The average Bonchev–Trinajstić information content (AvgIpc) is 3.41. The van der Waals surface area contributed by atoms with Crippen LogP contribution in [0.15, 0.2) is 76.6 Å². The van der Waals surface area contributed by atoms with Gasteiger partial charge in [-0.2, -0.15) is 4.99 Å². The highest BCUT2D eigenvalue weighted by Gasteiger charge is 2.30. The fourth-order valence-corrected chi connectivity index (χ4v) is 7.03. The number of thiazole rings is 1. The summed E-state index contributed by atoms with van der Waals surface area (Å²) in [7, 11) is -3.71. The van der Waals surface area contributed by atoms with Crippen molar-refractivity contribution in [1.29, 1.82) is 0 Å². The quantitative estimate of drug-likeness (QED) is 0.404. The molecule has 0 aliphatic carbocycles. The highest BCUT2D eigenvalue weighted by Crippen LogP contribution is 2.32. The minimum absolute atomic E-state index is 0.146. The Morgan fingerprint density at radius 2 is 1.82 bits per heavy atom. The number of nitrogens with zero attached hydrogens (tertiary/aromatic N) is 3. The number of hydrogen-bond acceptors (Lipinski definition) is 4. The van der Waals surface area contributed by atoms with E-state index in [1.165, 1.54) is 39.9 Å². The van der Waals surface area contributed by atoms with Crippen molar-refractivity contribution in [2.45, 2.75) is 24.8 Å². The van der Waals surface area contributed by atoms with Crippen LogP contribution < -0.4 is 9.11 Å². The fourth-order valence-electron chi connectivity index (χ4n) is 4.07. The number of halogens is 1. The first-order chi connectivity index (χ1) is 15.9. The number of benzene rings is 3. The van der Waals surface area contributed by atoms with E-state index < -0.39 is 15.9 Å². The lowest BCUT2D eigenvalue weighted by atomic mass is 10.2. The normalized spacial score (nSPS) is 14.1. The van der Waals surface area contributed by atoms with E-state index in [0.29, 0.717) is 40.6 Å². The number of fused-ring (bicyclic) bond motifs is 2. The van der Waals surface area contributed by atoms with E-state index in [1.807, 2.05) is 54.0 Å². The molecule has 0 spiro atoms. The molecule has 0 saturated heterocycles. The Morgan fingerprint density at radius 3 is 2.58 bits per heavy atom. The van der Waals surface area contributed by atoms with Crippen LogP contribution in [-0.2, 0) is 23.0 Å². The molecule has 0 bridgehead atoms. The molecule has 4 aromatic rings. The number of hydrogen-bond donors (Lipinski definition) is 0. The van der Waals surface area contributed by atoms with Crippen molar-refractivity contribution in [3.8, 4) is 0 Å². The summed E-state index contributed by atoms with van der Waals surface area (Å²) in [4.78, 5) is 17.9. The third-order valence-electron chi connectivity index (χ3n) is 5.70. The first-order valence-electron chi connectivity index (χ1n) is 10.5. The zero-order valence-electron chi connectivity index (χ0n) is 17.7. The van der Waals surface area contributed by atoms with E-state index in [4.69, 9.17) is 11.6 Å². The third-order valence-corrected chi connectivity index (χ3v) is 8.88. The summed E-state index contributed by atoms with van der Waals surface area (Å²) in [6.07, 6.45) is 0.682. The van der Waals surface area contributed by atoms with Crippen molar-refractivity contribution in [1.82, 2.24) is 4.57 Å². The van der Waals surface area contributed by atoms with E-state index >= 15 is 0 Å². The van der Waals surface area contributed by atoms with Crippen LogP contribution in [0.3, 0.4) is 0 Å². The molecule has 1 aromatic heterocycles. The molecule has 2 heterocycles. The molecule has 168 valence electrons. The van der Waals surface area contributed by atoms with Gasteiger partial charge < -0.3 is 4.57 Å². The first-order valence-corrected chi connectivity index (χ1v) is 13.1. The molecule has 0 unspecified atom stereocenters. The Bertz CT molecular complexity index is 1550. The zero-order chi connectivity index (χ0) is 23.2. The Morgan fingerprint density at radius 1 is 1.06 bits per heavy atom. The zero-order valence-corrected chi connectivity index (χ0v) is 20.1. The Hall–Kier alpha value is -2.94. The largest absolute Gasteiger partial charge is 0.315 e. The molecule has 1 aliphatic heterocycles. The van der Waals surface area contributed by atoms with Crippen LogP contribution in [0, 0.1) is 0 Å². The Kier molecular flexibility index (Phi) is 5.60. The molecule has 9 heteroatoms. The standard InChI is InChI=1S/C24H20ClN3O3S2/c1-2-27-22-19(25)7-5-9-21(22)32-24(27)26-23(29)17-10-12-18(13-11-17)33(30,31)28-15-14-16-6-3-4-8-20(16)28/h3-13H,2,14-15H2,1H3. The van der Waals surface area contributed by atoms with Crippen LogP contribution in [0.25, 0.3) is 10.2 Å². The molecular weight excluding hydrogens is 478 g/mol. The van der Waals surface area contributed by atoms with Gasteiger partial charge in [-0.1, -0.05) is 47.2 Å². The Balaban J connectivity index is 1.47. The maximum Gasteiger partial charge on any atom is 0.279 e. The van der Waals surface area contributed by atoms with Gasteiger partial charge in [0, 0.05) is 18.7 Å². The van der Waals surface area contributed by atoms with Gasteiger partial charge in [-0.25, -0.2) is 8.42 Å². The second kappa shape index (κ2) is 8.44. The fraction of sp³-hybridized carbons (Fsp3) is 0.167. The summed E-state index contributed by atoms with van der Waals surface area (Å²) in [6, 6.07) is 19.1. The van der Waals surface area contributed by atoms with Crippen molar-refractivity contribution in [2.24, 2.45) is 4.99 Å². The predicted molar refractivity (Wildman–Crippen MR) is 132 cm³/mol. The summed E-state index contributed by atoms with van der Waals surface area (Å²) in [5.74, 6) is -0.435. The van der Waals surface area contributed by atoms with Gasteiger partial charge in [0.1, 0.15) is 0 Å². The number of anilines is 1. The molecule has 0 radical (unpaired) electrons. The lowest BCUT2D eigenvalue weighted by molar-refractivity contribution is 0.0997. The summed E-state index contributed by atoms with van der Waals surface area (Å²) in [5.41, 5.74) is 2.90. The number of amides is 1. The van der Waals surface area contributed by atoms with Gasteiger partial charge in [0.2, 0.25) is 0 Å². The third kappa shape index (κ3) is 3.78. The molecule has 1 aliphatic rings. The molecule has 1 amide bonds. The number of carbonyl (C=O) groups excluding carboxylic acids is 1. The summed E-state index contributed by atoms with van der Waals surface area (Å²) in [5, 5.41) is 0.609. The first kappa shape index (κ1) is 21.9. The average molecular weight is 498 g/mol. The molecule has 0 fully saturated rings. The van der Waals surface area contributed by atoms with Crippen molar-refractivity contribution in [3.63, 3.8) is 0 Å². The highest BCUT2D eigenvalue weighted by atomic mass is 35.5. The van der Waals surface area contributed by atoms with Crippen LogP contribution in [0.1, 0.15) is 22.8 Å². The lowest BCUT2D eigenvalue weighted by Crippen LogP contribution is -2.29. The van der Waals surface area contributed by atoms with Crippen molar-refractivity contribution in [3.05, 3.63) is 87.7 Å². The van der Waals surface area contributed by atoms with Gasteiger partial charge in [0.25, 0.3) is 15.9 Å².